The summed E-state index contributed by atoms with van der Waals surface area (Å²) < 4.78 is 62.7. The van der Waals surface area contributed by atoms with Gasteiger partial charge in [-0.25, -0.2) is 21.6 Å². The molecule has 0 radical (unpaired) electrons. The molecule has 0 fully saturated rings. The van der Waals surface area contributed by atoms with E-state index in [0.717, 1.165) is 12.1 Å². The topological polar surface area (TPSA) is 83.6 Å². The van der Waals surface area contributed by atoms with Crippen LogP contribution in [0, 0.1) is 5.82 Å². The molecule has 1 aromatic rings. The van der Waals surface area contributed by atoms with Crippen LogP contribution >= 0.6 is 0 Å². The van der Waals surface area contributed by atoms with Crippen molar-refractivity contribution in [2.45, 2.75) is 11.3 Å². The zero-order valence-electron chi connectivity index (χ0n) is 9.76. The first kappa shape index (κ1) is 15.7. The van der Waals surface area contributed by atoms with Gasteiger partial charge >= 0.3 is 0 Å². The van der Waals surface area contributed by atoms with E-state index in [1.807, 2.05) is 0 Å². The van der Waals surface area contributed by atoms with Crippen LogP contribution in [0.25, 0.3) is 0 Å². The second kappa shape index (κ2) is 6.22. The van der Waals surface area contributed by atoms with Crippen molar-refractivity contribution < 1.29 is 26.7 Å². The van der Waals surface area contributed by atoms with Gasteiger partial charge in [0.2, 0.25) is 10.0 Å². The second-order valence-corrected chi connectivity index (χ2v) is 5.51. The van der Waals surface area contributed by atoms with Gasteiger partial charge in [-0.2, -0.15) is 4.31 Å². The van der Waals surface area contributed by atoms with Crippen LogP contribution < -0.4 is 5.73 Å². The van der Waals surface area contributed by atoms with Crippen molar-refractivity contribution in [3.05, 3.63) is 24.0 Å². The summed E-state index contributed by atoms with van der Waals surface area (Å²) in [7, 11) is -4.53. The molecule has 0 aromatic heterocycles. The largest absolute Gasteiger partial charge is 0.398 e. The van der Waals surface area contributed by atoms with Gasteiger partial charge in [0.25, 0.3) is 6.43 Å². The van der Waals surface area contributed by atoms with E-state index in [-0.39, 0.29) is 5.69 Å². The number of aliphatic hydroxyl groups is 1. The van der Waals surface area contributed by atoms with Crippen LogP contribution in [0.4, 0.5) is 18.9 Å². The van der Waals surface area contributed by atoms with Gasteiger partial charge in [0, 0.05) is 6.54 Å². The van der Waals surface area contributed by atoms with Crippen molar-refractivity contribution in [2.24, 2.45) is 0 Å². The van der Waals surface area contributed by atoms with Gasteiger partial charge in [-0.15, -0.1) is 0 Å². The molecular weight excluding hydrogens is 285 g/mol. The molecular formula is C10H13F3N2O3S. The van der Waals surface area contributed by atoms with Crippen molar-refractivity contribution in [1.29, 1.82) is 0 Å². The fraction of sp³-hybridized carbons (Fsp3) is 0.400. The zero-order chi connectivity index (χ0) is 14.6. The molecule has 0 spiro atoms. The Balaban J connectivity index is 3.27. The van der Waals surface area contributed by atoms with Gasteiger partial charge in [0.15, 0.2) is 0 Å². The number of alkyl halides is 2. The van der Waals surface area contributed by atoms with Crippen LogP contribution in [0.15, 0.2) is 23.1 Å². The minimum Gasteiger partial charge on any atom is -0.398 e. The Morgan fingerprint density at radius 1 is 1.37 bits per heavy atom. The lowest BCUT2D eigenvalue weighted by molar-refractivity contribution is 0.113. The Kier molecular flexibility index (Phi) is 5.15. The molecule has 1 aromatic carbocycles. The Morgan fingerprint density at radius 3 is 2.47 bits per heavy atom. The van der Waals surface area contributed by atoms with E-state index in [9.17, 15) is 21.6 Å². The molecule has 9 heteroatoms. The number of anilines is 1. The van der Waals surface area contributed by atoms with Crippen LogP contribution in [0.2, 0.25) is 0 Å². The summed E-state index contributed by atoms with van der Waals surface area (Å²) >= 11 is 0. The molecule has 108 valence electrons. The van der Waals surface area contributed by atoms with E-state index in [4.69, 9.17) is 10.8 Å². The molecule has 0 aliphatic carbocycles. The highest BCUT2D eigenvalue weighted by atomic mass is 32.2. The molecule has 0 atom stereocenters. The SMILES string of the molecule is Nc1cccc(F)c1S(=O)(=O)N(CCO)CC(F)F. The summed E-state index contributed by atoms with van der Waals surface area (Å²) in [6.45, 7) is -2.38. The number of halogens is 3. The summed E-state index contributed by atoms with van der Waals surface area (Å²) in [6, 6.07) is 3.21. The molecule has 3 N–H and O–H groups in total. The van der Waals surface area contributed by atoms with Gasteiger partial charge < -0.3 is 10.8 Å². The predicted octanol–water partition coefficient (Wildman–Crippen LogP) is 0.656. The van der Waals surface area contributed by atoms with E-state index in [1.54, 1.807) is 0 Å². The third kappa shape index (κ3) is 3.58. The van der Waals surface area contributed by atoms with Crippen LogP contribution in [-0.4, -0.2) is 44.0 Å². The number of rotatable bonds is 6. The van der Waals surface area contributed by atoms with Crippen molar-refractivity contribution >= 4 is 15.7 Å². The first-order valence-corrected chi connectivity index (χ1v) is 6.68. The molecule has 0 heterocycles. The van der Waals surface area contributed by atoms with Crippen LogP contribution in [0.1, 0.15) is 0 Å². The highest BCUT2D eigenvalue weighted by Gasteiger charge is 2.31. The fourth-order valence-electron chi connectivity index (χ4n) is 1.50. The second-order valence-electron chi connectivity index (χ2n) is 3.64. The minimum atomic E-state index is -4.53. The fourth-order valence-corrected chi connectivity index (χ4v) is 3.07. The maximum Gasteiger partial charge on any atom is 0.252 e. The normalized spacial score (nSPS) is 12.3. The number of hydrogen-bond donors (Lipinski definition) is 2. The van der Waals surface area contributed by atoms with Crippen LogP contribution in [-0.2, 0) is 10.0 Å². The Morgan fingerprint density at radius 2 is 2.00 bits per heavy atom. The van der Waals surface area contributed by atoms with Gasteiger partial charge in [0.05, 0.1) is 18.8 Å². The number of nitrogens with zero attached hydrogens (tertiary/aromatic N) is 1. The van der Waals surface area contributed by atoms with Crippen molar-refractivity contribution in [3.8, 4) is 0 Å². The number of nitrogen functional groups attached to an aromatic ring is 1. The van der Waals surface area contributed by atoms with E-state index in [1.165, 1.54) is 6.07 Å². The van der Waals surface area contributed by atoms with Crippen LogP contribution in [0.3, 0.4) is 0 Å². The molecule has 19 heavy (non-hydrogen) atoms. The average Bonchev–Trinajstić information content (AvgIpc) is 2.27. The Hall–Kier alpha value is -1.32. The van der Waals surface area contributed by atoms with Gasteiger partial charge in [-0.05, 0) is 12.1 Å². The molecule has 0 unspecified atom stereocenters. The third-order valence-corrected chi connectivity index (χ3v) is 4.24. The molecule has 0 aliphatic heterocycles. The van der Waals surface area contributed by atoms with Crippen LogP contribution in [0.5, 0.6) is 0 Å². The number of sulfonamides is 1. The molecule has 0 bridgehead atoms. The summed E-state index contributed by atoms with van der Waals surface area (Å²) in [5, 5.41) is 8.72. The van der Waals surface area contributed by atoms with E-state index in [2.05, 4.69) is 0 Å². The first-order chi connectivity index (χ1) is 8.80. The van der Waals surface area contributed by atoms with Gasteiger partial charge in [-0.3, -0.25) is 0 Å². The summed E-state index contributed by atoms with van der Waals surface area (Å²) in [5.41, 5.74) is 5.00. The maximum atomic E-state index is 13.5. The third-order valence-electron chi connectivity index (χ3n) is 2.29. The number of nitrogens with two attached hydrogens (primary N) is 1. The standard InChI is InChI=1S/C10H13F3N2O3S/c11-7-2-1-3-8(14)10(7)19(17,18)15(4-5-16)6-9(12)13/h1-3,9,16H,4-6,14H2. The van der Waals surface area contributed by atoms with Crippen molar-refractivity contribution in [2.75, 3.05) is 25.4 Å². The average molecular weight is 298 g/mol. The van der Waals surface area contributed by atoms with E-state index >= 15 is 0 Å². The minimum absolute atomic E-state index is 0.298. The molecule has 0 saturated carbocycles. The summed E-state index contributed by atoms with van der Waals surface area (Å²) in [5.74, 6) is -1.13. The molecule has 1 rings (SSSR count). The molecule has 5 nitrogen and oxygen atoms in total. The first-order valence-electron chi connectivity index (χ1n) is 5.24. The lowest BCUT2D eigenvalue weighted by atomic mass is 10.3. The summed E-state index contributed by atoms with van der Waals surface area (Å²) in [6.07, 6.45) is -2.95. The van der Waals surface area contributed by atoms with Crippen molar-refractivity contribution in [3.63, 3.8) is 0 Å². The monoisotopic (exact) mass is 298 g/mol. The number of hydrogen-bond acceptors (Lipinski definition) is 4. The molecule has 0 saturated heterocycles. The highest BCUT2D eigenvalue weighted by molar-refractivity contribution is 7.89. The van der Waals surface area contributed by atoms with Crippen molar-refractivity contribution in [1.82, 2.24) is 4.31 Å². The number of aliphatic hydroxyl groups excluding tert-OH is 1. The predicted molar refractivity (Wildman–Crippen MR) is 62.7 cm³/mol. The zero-order valence-corrected chi connectivity index (χ0v) is 10.6. The lowest BCUT2D eigenvalue weighted by Crippen LogP contribution is -2.38. The lowest BCUT2D eigenvalue weighted by Gasteiger charge is -2.21. The summed E-state index contributed by atoms with van der Waals surface area (Å²) in [4.78, 5) is -0.857. The number of benzene rings is 1. The highest BCUT2D eigenvalue weighted by Crippen LogP contribution is 2.25. The Labute approximate surface area is 108 Å². The smallest absolute Gasteiger partial charge is 0.252 e. The van der Waals surface area contributed by atoms with E-state index < -0.39 is 46.9 Å². The van der Waals surface area contributed by atoms with Gasteiger partial charge in [0.1, 0.15) is 10.7 Å². The molecule has 0 aliphatic rings. The van der Waals surface area contributed by atoms with E-state index in [0.29, 0.717) is 4.31 Å². The molecule has 0 amide bonds. The quantitative estimate of drug-likeness (QED) is 0.756. The maximum absolute atomic E-state index is 13.5. The Bertz CT molecular complexity index is 517. The van der Waals surface area contributed by atoms with Gasteiger partial charge in [-0.1, -0.05) is 6.07 Å².